The van der Waals surface area contributed by atoms with Crippen molar-refractivity contribution < 1.29 is 14.4 Å². The molecular formula is C12H21N3O3. The summed E-state index contributed by atoms with van der Waals surface area (Å²) in [5, 5.41) is 2.70. The van der Waals surface area contributed by atoms with Gasteiger partial charge in [-0.1, -0.05) is 13.8 Å². The second-order valence-electron chi connectivity index (χ2n) is 5.28. The van der Waals surface area contributed by atoms with E-state index < -0.39 is 5.54 Å². The number of carbonyl (C=O) groups excluding carboxylic acids is 3. The molecule has 2 fully saturated rings. The molecule has 2 amide bonds. The fraction of sp³-hybridized carbons (Fsp3) is 0.750. The van der Waals surface area contributed by atoms with Crippen molar-refractivity contribution in [1.29, 1.82) is 0 Å². The summed E-state index contributed by atoms with van der Waals surface area (Å²) in [5.74, 6) is -0.242. The summed E-state index contributed by atoms with van der Waals surface area (Å²) in [6.07, 6.45) is 1.49. The highest BCUT2D eigenvalue weighted by atomic mass is 16.2. The Hall–Kier alpha value is -1.43. The maximum absolute atomic E-state index is 11.3. The van der Waals surface area contributed by atoms with Crippen molar-refractivity contribution in [2.24, 2.45) is 17.6 Å². The summed E-state index contributed by atoms with van der Waals surface area (Å²) < 4.78 is 0. The number of carbonyl (C=O) groups is 3. The zero-order chi connectivity index (χ0) is 13.9. The van der Waals surface area contributed by atoms with Crippen molar-refractivity contribution in [1.82, 2.24) is 10.2 Å². The van der Waals surface area contributed by atoms with Gasteiger partial charge in [0.05, 0.1) is 5.92 Å². The van der Waals surface area contributed by atoms with Crippen molar-refractivity contribution in [3.63, 3.8) is 0 Å². The quantitative estimate of drug-likeness (QED) is 0.496. The highest BCUT2D eigenvalue weighted by Crippen LogP contribution is 2.35. The van der Waals surface area contributed by atoms with Crippen molar-refractivity contribution in [2.75, 3.05) is 20.1 Å². The van der Waals surface area contributed by atoms with Crippen LogP contribution in [-0.2, 0) is 14.4 Å². The van der Waals surface area contributed by atoms with Gasteiger partial charge in [-0.05, 0) is 13.5 Å². The third-order valence-electron chi connectivity index (χ3n) is 3.45. The molecule has 2 heterocycles. The lowest BCUT2D eigenvalue weighted by Gasteiger charge is -2.42. The second-order valence-corrected chi connectivity index (χ2v) is 5.28. The Balaban J connectivity index is 0.000000280. The number of amides is 2. The van der Waals surface area contributed by atoms with Gasteiger partial charge in [0.2, 0.25) is 11.8 Å². The fourth-order valence-electron chi connectivity index (χ4n) is 2.16. The van der Waals surface area contributed by atoms with Gasteiger partial charge in [0.15, 0.2) is 0 Å². The normalized spacial score (nSPS) is 30.4. The van der Waals surface area contributed by atoms with Crippen molar-refractivity contribution in [3.05, 3.63) is 0 Å². The first-order valence-electron chi connectivity index (χ1n) is 6.07. The van der Waals surface area contributed by atoms with Gasteiger partial charge < -0.3 is 15.8 Å². The lowest BCUT2D eigenvalue weighted by atomic mass is 9.85. The molecule has 6 heteroatoms. The molecule has 2 saturated heterocycles. The van der Waals surface area contributed by atoms with E-state index in [1.54, 1.807) is 0 Å². The van der Waals surface area contributed by atoms with Crippen LogP contribution in [0.2, 0.25) is 0 Å². The van der Waals surface area contributed by atoms with E-state index in [4.69, 9.17) is 5.73 Å². The van der Waals surface area contributed by atoms with Gasteiger partial charge in [-0.2, -0.15) is 0 Å². The van der Waals surface area contributed by atoms with E-state index >= 15 is 0 Å². The number of aldehydes is 1. The Labute approximate surface area is 107 Å². The summed E-state index contributed by atoms with van der Waals surface area (Å²) in [4.78, 5) is 33.7. The molecule has 2 aliphatic rings. The summed E-state index contributed by atoms with van der Waals surface area (Å²) in [7, 11) is 1.86. The predicted molar refractivity (Wildman–Crippen MR) is 66.6 cm³/mol. The van der Waals surface area contributed by atoms with Crippen LogP contribution >= 0.6 is 0 Å². The molecule has 6 nitrogen and oxygen atoms in total. The first kappa shape index (κ1) is 14.6. The monoisotopic (exact) mass is 255 g/mol. The first-order chi connectivity index (χ1) is 8.33. The third-order valence-corrected chi connectivity index (χ3v) is 3.45. The molecule has 102 valence electrons. The third kappa shape index (κ3) is 2.69. The largest absolute Gasteiger partial charge is 0.369 e. The van der Waals surface area contributed by atoms with Crippen LogP contribution in [0.15, 0.2) is 0 Å². The minimum Gasteiger partial charge on any atom is -0.369 e. The van der Waals surface area contributed by atoms with Crippen LogP contribution in [0.4, 0.5) is 0 Å². The molecule has 2 atom stereocenters. The Morgan fingerprint density at radius 3 is 2.33 bits per heavy atom. The molecule has 0 radical (unpaired) electrons. The molecule has 0 aromatic carbocycles. The summed E-state index contributed by atoms with van der Waals surface area (Å²) in [6, 6.07) is 0. The number of hydrogen-bond acceptors (Lipinski definition) is 4. The molecule has 0 saturated carbocycles. The summed E-state index contributed by atoms with van der Waals surface area (Å²) in [6.45, 7) is 4.95. The number of nitrogens with two attached hydrogens (primary N) is 1. The number of likely N-dealkylation sites (N-methyl/N-ethyl adjacent to an activating group) is 1. The van der Waals surface area contributed by atoms with Crippen LogP contribution in [0.1, 0.15) is 20.3 Å². The summed E-state index contributed by atoms with van der Waals surface area (Å²) >= 11 is 0. The smallest absolute Gasteiger partial charge is 0.242 e. The molecule has 0 aliphatic carbocycles. The highest BCUT2D eigenvalue weighted by molar-refractivity contribution is 5.94. The van der Waals surface area contributed by atoms with E-state index in [1.807, 2.05) is 25.8 Å². The SMILES string of the molecule is CC(C)C=O.CN1CC(C(N)=O)CC12CNC2=O. The molecule has 2 unspecified atom stereocenters. The molecule has 2 rings (SSSR count). The molecular weight excluding hydrogens is 234 g/mol. The van der Waals surface area contributed by atoms with E-state index in [0.717, 1.165) is 6.29 Å². The predicted octanol–water partition coefficient (Wildman–Crippen LogP) is -0.867. The van der Waals surface area contributed by atoms with Gasteiger partial charge in [-0.15, -0.1) is 0 Å². The van der Waals surface area contributed by atoms with Gasteiger partial charge in [-0.25, -0.2) is 0 Å². The van der Waals surface area contributed by atoms with Crippen LogP contribution in [0.5, 0.6) is 0 Å². The van der Waals surface area contributed by atoms with Gasteiger partial charge in [-0.3, -0.25) is 14.5 Å². The van der Waals surface area contributed by atoms with Crippen molar-refractivity contribution in [2.45, 2.75) is 25.8 Å². The minimum atomic E-state index is -0.431. The number of likely N-dealkylation sites (tertiary alicyclic amines) is 1. The van der Waals surface area contributed by atoms with E-state index in [1.165, 1.54) is 0 Å². The molecule has 2 aliphatic heterocycles. The van der Waals surface area contributed by atoms with E-state index in [-0.39, 0.29) is 23.7 Å². The Morgan fingerprint density at radius 1 is 1.61 bits per heavy atom. The molecule has 0 aromatic heterocycles. The number of rotatable bonds is 2. The second kappa shape index (κ2) is 5.48. The van der Waals surface area contributed by atoms with E-state index in [9.17, 15) is 14.4 Å². The molecule has 0 bridgehead atoms. The van der Waals surface area contributed by atoms with Gasteiger partial charge in [0.25, 0.3) is 0 Å². The molecule has 1 spiro atoms. The van der Waals surface area contributed by atoms with Crippen LogP contribution in [-0.4, -0.2) is 48.7 Å². The number of nitrogens with zero attached hydrogens (tertiary/aromatic N) is 1. The van der Waals surface area contributed by atoms with Gasteiger partial charge in [0, 0.05) is 19.0 Å². The van der Waals surface area contributed by atoms with Crippen LogP contribution in [0.25, 0.3) is 0 Å². The van der Waals surface area contributed by atoms with E-state index in [2.05, 4.69) is 5.32 Å². The van der Waals surface area contributed by atoms with Crippen molar-refractivity contribution in [3.8, 4) is 0 Å². The topological polar surface area (TPSA) is 92.5 Å². The van der Waals surface area contributed by atoms with Crippen molar-refractivity contribution >= 4 is 18.1 Å². The Morgan fingerprint density at radius 2 is 2.17 bits per heavy atom. The number of primary amides is 1. The summed E-state index contributed by atoms with van der Waals surface area (Å²) in [5.41, 5.74) is 4.78. The number of β-lactam (4-membered cyclic amide) rings is 1. The standard InChI is InChI=1S/C8H13N3O2.C4H8O/c1-11-3-5(6(9)12)2-8(11)4-10-7(8)13;1-4(2)3-5/h5H,2-4H2,1H3,(H2,9,12)(H,10,13);3-4H,1-2H3. The van der Waals surface area contributed by atoms with Gasteiger partial charge >= 0.3 is 0 Å². The maximum atomic E-state index is 11.3. The Kier molecular flexibility index (Phi) is 4.45. The first-order valence-corrected chi connectivity index (χ1v) is 6.07. The Bertz CT molecular complexity index is 356. The number of hydrogen-bond donors (Lipinski definition) is 2. The average molecular weight is 255 g/mol. The minimum absolute atomic E-state index is 0.0266. The molecule has 0 aromatic rings. The highest BCUT2D eigenvalue weighted by Gasteiger charge is 2.56. The molecule has 18 heavy (non-hydrogen) atoms. The molecule has 3 N–H and O–H groups in total. The maximum Gasteiger partial charge on any atom is 0.242 e. The van der Waals surface area contributed by atoms with Gasteiger partial charge in [0.1, 0.15) is 11.8 Å². The van der Waals surface area contributed by atoms with Crippen LogP contribution in [0, 0.1) is 11.8 Å². The average Bonchev–Trinajstić information content (AvgIpc) is 2.68. The van der Waals surface area contributed by atoms with E-state index in [0.29, 0.717) is 19.5 Å². The van der Waals surface area contributed by atoms with Crippen LogP contribution < -0.4 is 11.1 Å². The lowest BCUT2D eigenvalue weighted by Crippen LogP contribution is -2.69. The lowest BCUT2D eigenvalue weighted by molar-refractivity contribution is -0.140. The fourth-order valence-corrected chi connectivity index (χ4v) is 2.16. The zero-order valence-corrected chi connectivity index (χ0v) is 11.1. The number of nitrogens with one attached hydrogen (secondary N) is 1. The zero-order valence-electron chi connectivity index (χ0n) is 11.1. The van der Waals surface area contributed by atoms with Crippen LogP contribution in [0.3, 0.4) is 0 Å².